The Morgan fingerprint density at radius 1 is 0.862 bits per heavy atom. The molecule has 0 aromatic heterocycles. The predicted octanol–water partition coefficient (Wildman–Crippen LogP) is -3.72. The van der Waals surface area contributed by atoms with Crippen molar-refractivity contribution in [3.8, 4) is 0 Å². The Labute approximate surface area is 167 Å². The molecule has 0 fully saturated rings. The van der Waals surface area contributed by atoms with Gasteiger partial charge < -0.3 is 38.3 Å². The lowest BCUT2D eigenvalue weighted by Gasteiger charge is -2.24. The first-order chi connectivity index (χ1) is 13.4. The normalized spacial score (nSPS) is 14.6. The van der Waals surface area contributed by atoms with Crippen LogP contribution in [-0.2, 0) is 28.8 Å². The quantitative estimate of drug-likeness (QED) is 0.157. The van der Waals surface area contributed by atoms with Gasteiger partial charge in [0.25, 0.3) is 0 Å². The standard InChI is InChI=1S/C16H28N6O7/c1-3-7(2)13(19)16(29)22-9(5-11(18)24)15(28)21-8(4-10(17)23)14(27)20-6-12(25)26/h7-9,13H,3-6,19H2,1-2H3,(H2,17,23)(H2,18,24)(H,20,27)(H,21,28)(H,22,29)(H,25,26). The van der Waals surface area contributed by atoms with Crippen molar-refractivity contribution in [1.82, 2.24) is 16.0 Å². The first-order valence-corrected chi connectivity index (χ1v) is 8.81. The van der Waals surface area contributed by atoms with Crippen LogP contribution in [0.15, 0.2) is 0 Å². The first-order valence-electron chi connectivity index (χ1n) is 8.81. The van der Waals surface area contributed by atoms with E-state index in [0.29, 0.717) is 6.42 Å². The molecule has 29 heavy (non-hydrogen) atoms. The zero-order chi connectivity index (χ0) is 22.7. The number of amides is 5. The molecule has 0 aromatic carbocycles. The Hall–Kier alpha value is -3.22. The molecule has 13 nitrogen and oxygen atoms in total. The summed E-state index contributed by atoms with van der Waals surface area (Å²) in [5.74, 6) is -6.11. The molecular weight excluding hydrogens is 388 g/mol. The van der Waals surface area contributed by atoms with Crippen LogP contribution < -0.4 is 33.2 Å². The summed E-state index contributed by atoms with van der Waals surface area (Å²) in [5, 5.41) is 15.1. The summed E-state index contributed by atoms with van der Waals surface area (Å²) >= 11 is 0. The van der Waals surface area contributed by atoms with Crippen LogP contribution in [-0.4, -0.2) is 65.3 Å². The first kappa shape index (κ1) is 25.8. The van der Waals surface area contributed by atoms with Crippen molar-refractivity contribution in [1.29, 1.82) is 0 Å². The zero-order valence-corrected chi connectivity index (χ0v) is 16.3. The van der Waals surface area contributed by atoms with Crippen LogP contribution in [0.2, 0.25) is 0 Å². The molecule has 164 valence electrons. The smallest absolute Gasteiger partial charge is 0.322 e. The number of aliphatic carboxylic acids is 1. The van der Waals surface area contributed by atoms with E-state index >= 15 is 0 Å². The summed E-state index contributed by atoms with van der Waals surface area (Å²) < 4.78 is 0. The average Bonchev–Trinajstić information content (AvgIpc) is 2.62. The number of hydrogen-bond acceptors (Lipinski definition) is 7. The van der Waals surface area contributed by atoms with Gasteiger partial charge in [-0.1, -0.05) is 20.3 Å². The van der Waals surface area contributed by atoms with Gasteiger partial charge in [0.15, 0.2) is 0 Å². The highest BCUT2D eigenvalue weighted by atomic mass is 16.4. The van der Waals surface area contributed by atoms with Crippen LogP contribution in [0.1, 0.15) is 33.1 Å². The molecule has 0 aliphatic carbocycles. The van der Waals surface area contributed by atoms with Gasteiger partial charge in [-0.3, -0.25) is 28.8 Å². The summed E-state index contributed by atoms with van der Waals surface area (Å²) in [7, 11) is 0. The number of rotatable bonds is 13. The van der Waals surface area contributed by atoms with Crippen molar-refractivity contribution in [2.45, 2.75) is 51.2 Å². The molecule has 0 spiro atoms. The Bertz CT molecular complexity index is 654. The van der Waals surface area contributed by atoms with Crippen LogP contribution in [0.3, 0.4) is 0 Å². The van der Waals surface area contributed by atoms with Crippen LogP contribution in [0.5, 0.6) is 0 Å². The van der Waals surface area contributed by atoms with Gasteiger partial charge in [-0.25, -0.2) is 0 Å². The van der Waals surface area contributed by atoms with Gasteiger partial charge in [0, 0.05) is 0 Å². The van der Waals surface area contributed by atoms with E-state index in [1.807, 2.05) is 12.2 Å². The SMILES string of the molecule is CCC(C)C(N)C(=O)NC(CC(N)=O)C(=O)NC(CC(N)=O)C(=O)NCC(=O)O. The Balaban J connectivity index is 5.33. The van der Waals surface area contributed by atoms with Crippen LogP contribution in [0.25, 0.3) is 0 Å². The van der Waals surface area contributed by atoms with Gasteiger partial charge in [0.2, 0.25) is 29.5 Å². The number of carboxylic acids is 1. The number of carbonyl (C=O) groups is 6. The zero-order valence-electron chi connectivity index (χ0n) is 16.3. The van der Waals surface area contributed by atoms with E-state index in [-0.39, 0.29) is 5.92 Å². The van der Waals surface area contributed by atoms with E-state index in [9.17, 15) is 28.8 Å². The number of carboxylic acid groups (broad SMARTS) is 1. The number of nitrogens with one attached hydrogen (secondary N) is 3. The highest BCUT2D eigenvalue weighted by Gasteiger charge is 2.31. The maximum Gasteiger partial charge on any atom is 0.322 e. The molecule has 0 aliphatic heterocycles. The number of nitrogens with two attached hydrogens (primary N) is 3. The monoisotopic (exact) mass is 416 g/mol. The summed E-state index contributed by atoms with van der Waals surface area (Å²) in [6.45, 7) is 2.79. The minimum absolute atomic E-state index is 0.211. The lowest BCUT2D eigenvalue weighted by Crippen LogP contribution is -2.58. The number of carbonyl (C=O) groups excluding carboxylic acids is 5. The molecule has 0 saturated carbocycles. The van der Waals surface area contributed by atoms with E-state index in [0.717, 1.165) is 0 Å². The molecule has 0 heterocycles. The minimum Gasteiger partial charge on any atom is -0.480 e. The third-order valence-corrected chi connectivity index (χ3v) is 4.05. The van der Waals surface area contributed by atoms with Gasteiger partial charge in [0.1, 0.15) is 18.6 Å². The Kier molecular flexibility index (Phi) is 10.9. The second-order valence-corrected chi connectivity index (χ2v) is 6.49. The van der Waals surface area contributed by atoms with Gasteiger partial charge in [-0.05, 0) is 5.92 Å². The van der Waals surface area contributed by atoms with Gasteiger partial charge in [0.05, 0.1) is 18.9 Å². The summed E-state index contributed by atoms with van der Waals surface area (Å²) in [4.78, 5) is 69.7. The lowest BCUT2D eigenvalue weighted by atomic mass is 9.99. The molecule has 0 radical (unpaired) electrons. The fraction of sp³-hybridized carbons (Fsp3) is 0.625. The number of hydrogen-bond donors (Lipinski definition) is 7. The second-order valence-electron chi connectivity index (χ2n) is 6.49. The predicted molar refractivity (Wildman–Crippen MR) is 99.6 cm³/mol. The molecule has 0 rings (SSSR count). The third-order valence-electron chi connectivity index (χ3n) is 4.05. The summed E-state index contributed by atoms with van der Waals surface area (Å²) in [5.41, 5.74) is 15.9. The van der Waals surface area contributed by atoms with Crippen LogP contribution in [0, 0.1) is 5.92 Å². The van der Waals surface area contributed by atoms with E-state index in [1.165, 1.54) is 0 Å². The maximum atomic E-state index is 12.5. The molecule has 0 aromatic rings. The van der Waals surface area contributed by atoms with Crippen molar-refractivity contribution in [3.05, 3.63) is 0 Å². The third kappa shape index (κ3) is 10.0. The fourth-order valence-corrected chi connectivity index (χ4v) is 2.16. The molecule has 10 N–H and O–H groups in total. The van der Waals surface area contributed by atoms with Crippen molar-refractivity contribution in [3.63, 3.8) is 0 Å². The molecule has 5 amide bonds. The molecule has 0 aliphatic rings. The lowest BCUT2D eigenvalue weighted by molar-refractivity contribution is -0.139. The molecular formula is C16H28N6O7. The van der Waals surface area contributed by atoms with E-state index in [1.54, 1.807) is 6.92 Å². The van der Waals surface area contributed by atoms with Crippen LogP contribution >= 0.6 is 0 Å². The number of primary amides is 2. The van der Waals surface area contributed by atoms with E-state index in [2.05, 4.69) is 10.6 Å². The fourth-order valence-electron chi connectivity index (χ4n) is 2.16. The van der Waals surface area contributed by atoms with Gasteiger partial charge in [-0.2, -0.15) is 0 Å². The highest BCUT2D eigenvalue weighted by Crippen LogP contribution is 2.06. The molecule has 0 saturated heterocycles. The minimum atomic E-state index is -1.52. The largest absolute Gasteiger partial charge is 0.480 e. The average molecular weight is 416 g/mol. The van der Waals surface area contributed by atoms with E-state index in [4.69, 9.17) is 22.3 Å². The van der Waals surface area contributed by atoms with E-state index < -0.39 is 73.0 Å². The van der Waals surface area contributed by atoms with Crippen molar-refractivity contribution < 1.29 is 33.9 Å². The molecule has 13 heteroatoms. The van der Waals surface area contributed by atoms with Gasteiger partial charge in [-0.15, -0.1) is 0 Å². The maximum absolute atomic E-state index is 12.5. The van der Waals surface area contributed by atoms with Crippen LogP contribution in [0.4, 0.5) is 0 Å². The molecule has 4 atom stereocenters. The summed E-state index contributed by atoms with van der Waals surface area (Å²) in [6.07, 6.45) is -0.642. The van der Waals surface area contributed by atoms with Crippen molar-refractivity contribution in [2.75, 3.05) is 6.54 Å². The Morgan fingerprint density at radius 2 is 1.31 bits per heavy atom. The summed E-state index contributed by atoms with van der Waals surface area (Å²) in [6, 6.07) is -3.93. The molecule has 0 bridgehead atoms. The molecule has 4 unspecified atom stereocenters. The van der Waals surface area contributed by atoms with Crippen molar-refractivity contribution >= 4 is 35.5 Å². The second kappa shape index (κ2) is 12.3. The topological polar surface area (TPSA) is 237 Å². The highest BCUT2D eigenvalue weighted by molar-refractivity contribution is 5.97. The van der Waals surface area contributed by atoms with Crippen molar-refractivity contribution in [2.24, 2.45) is 23.1 Å². The van der Waals surface area contributed by atoms with Gasteiger partial charge >= 0.3 is 5.97 Å². The Morgan fingerprint density at radius 3 is 1.72 bits per heavy atom.